The Labute approximate surface area is 166 Å². The minimum absolute atomic E-state index is 0.131. The second-order valence-corrected chi connectivity index (χ2v) is 7.40. The van der Waals surface area contributed by atoms with Gasteiger partial charge < -0.3 is 14.5 Å². The van der Waals surface area contributed by atoms with E-state index in [0.717, 1.165) is 16.9 Å². The summed E-state index contributed by atoms with van der Waals surface area (Å²) in [6.45, 7) is 2.16. The minimum atomic E-state index is -0.396. The molecule has 8 heteroatoms. The lowest BCUT2D eigenvalue weighted by atomic mass is 10.2. The van der Waals surface area contributed by atoms with Gasteiger partial charge in [0.05, 0.1) is 12.4 Å². The summed E-state index contributed by atoms with van der Waals surface area (Å²) in [6, 6.07) is 14.7. The zero-order valence-corrected chi connectivity index (χ0v) is 16.4. The smallest absolute Gasteiger partial charge is 0.277 e. The van der Waals surface area contributed by atoms with Crippen LogP contribution in [0.5, 0.6) is 5.75 Å². The lowest BCUT2D eigenvalue weighted by Crippen LogP contribution is -2.30. The van der Waals surface area contributed by atoms with E-state index in [4.69, 9.17) is 20.8 Å². The van der Waals surface area contributed by atoms with Crippen LogP contribution in [0, 0.1) is 0 Å². The number of methoxy groups -OCH3 is 1. The van der Waals surface area contributed by atoms with Gasteiger partial charge in [-0.2, -0.15) is 0 Å². The van der Waals surface area contributed by atoms with Crippen molar-refractivity contribution < 1.29 is 13.9 Å². The summed E-state index contributed by atoms with van der Waals surface area (Å²) >= 11 is 7.18. The van der Waals surface area contributed by atoms with Crippen LogP contribution < -0.4 is 10.1 Å². The number of carbonyl (C=O) groups excluding carboxylic acids is 1. The largest absolute Gasteiger partial charge is 0.496 e. The number of amides is 1. The third kappa shape index (κ3) is 5.02. The van der Waals surface area contributed by atoms with Crippen LogP contribution in [-0.4, -0.2) is 28.5 Å². The predicted octanol–water partition coefficient (Wildman–Crippen LogP) is 4.20. The van der Waals surface area contributed by atoms with E-state index in [9.17, 15) is 4.79 Å². The van der Waals surface area contributed by atoms with Crippen molar-refractivity contribution >= 4 is 29.3 Å². The molecule has 0 bridgehead atoms. The van der Waals surface area contributed by atoms with Crippen molar-refractivity contribution in [2.45, 2.75) is 23.9 Å². The number of ether oxygens (including phenoxy) is 1. The van der Waals surface area contributed by atoms with Crippen LogP contribution >= 0.6 is 23.4 Å². The standard InChI is InChI=1S/C19H18ClN3O3S/c1-12(17(24)21-11-14-6-3-4-9-16(14)25-2)27-19-23-22-18(26-19)13-7-5-8-15(20)10-13/h3-10,12H,11H2,1-2H3,(H,21,24)/t12-/m0/s1. The maximum absolute atomic E-state index is 12.4. The van der Waals surface area contributed by atoms with Crippen LogP contribution in [-0.2, 0) is 11.3 Å². The molecule has 3 rings (SSSR count). The molecule has 3 aromatic rings. The molecule has 1 atom stereocenters. The molecule has 0 aliphatic heterocycles. The number of thioether (sulfide) groups is 1. The van der Waals surface area contributed by atoms with Crippen LogP contribution in [0.2, 0.25) is 5.02 Å². The number of carbonyl (C=O) groups is 1. The summed E-state index contributed by atoms with van der Waals surface area (Å²) in [4.78, 5) is 12.4. The highest BCUT2D eigenvalue weighted by Gasteiger charge is 2.19. The first-order valence-electron chi connectivity index (χ1n) is 8.22. The Bertz CT molecular complexity index is 932. The number of benzene rings is 2. The molecule has 2 aromatic carbocycles. The molecule has 0 fully saturated rings. The fraction of sp³-hybridized carbons (Fsp3) is 0.211. The van der Waals surface area contributed by atoms with Crippen molar-refractivity contribution in [2.24, 2.45) is 0 Å². The van der Waals surface area contributed by atoms with Crippen LogP contribution in [0.4, 0.5) is 0 Å². The van der Waals surface area contributed by atoms with Gasteiger partial charge in [-0.05, 0) is 31.2 Å². The minimum Gasteiger partial charge on any atom is -0.496 e. The number of hydrogen-bond donors (Lipinski definition) is 1. The molecule has 6 nitrogen and oxygen atoms in total. The highest BCUT2D eigenvalue weighted by Crippen LogP contribution is 2.27. The number of hydrogen-bond acceptors (Lipinski definition) is 6. The Hall–Kier alpha value is -2.51. The summed E-state index contributed by atoms with van der Waals surface area (Å²) in [5, 5.41) is 11.4. The molecule has 1 heterocycles. The van der Waals surface area contributed by atoms with E-state index < -0.39 is 5.25 Å². The van der Waals surface area contributed by atoms with Crippen LogP contribution in [0.1, 0.15) is 12.5 Å². The monoisotopic (exact) mass is 403 g/mol. The summed E-state index contributed by atoms with van der Waals surface area (Å²) in [5.74, 6) is 0.969. The maximum Gasteiger partial charge on any atom is 0.277 e. The van der Waals surface area contributed by atoms with Gasteiger partial charge in [-0.15, -0.1) is 10.2 Å². The summed E-state index contributed by atoms with van der Waals surface area (Å²) < 4.78 is 10.9. The van der Waals surface area contributed by atoms with Crippen LogP contribution in [0.3, 0.4) is 0 Å². The van der Waals surface area contributed by atoms with E-state index in [1.807, 2.05) is 36.4 Å². The molecule has 1 aromatic heterocycles. The first kappa shape index (κ1) is 19.3. The second kappa shape index (κ2) is 8.92. The fourth-order valence-corrected chi connectivity index (χ4v) is 3.27. The summed E-state index contributed by atoms with van der Waals surface area (Å²) in [7, 11) is 1.60. The SMILES string of the molecule is COc1ccccc1CNC(=O)[C@H](C)Sc1nnc(-c2cccc(Cl)c2)o1. The molecule has 1 N–H and O–H groups in total. The molecule has 0 radical (unpaired) electrons. The Balaban J connectivity index is 1.58. The van der Waals surface area contributed by atoms with Gasteiger partial charge in [0.1, 0.15) is 5.75 Å². The van der Waals surface area contributed by atoms with Gasteiger partial charge in [0, 0.05) is 22.7 Å². The Kier molecular flexibility index (Phi) is 6.36. The average molecular weight is 404 g/mol. The lowest BCUT2D eigenvalue weighted by molar-refractivity contribution is -0.120. The third-order valence-corrected chi connectivity index (χ3v) is 4.94. The van der Waals surface area contributed by atoms with Crippen molar-refractivity contribution in [3.8, 4) is 17.2 Å². The maximum atomic E-state index is 12.4. The van der Waals surface area contributed by atoms with E-state index in [2.05, 4.69) is 15.5 Å². The quantitative estimate of drug-likeness (QED) is 0.596. The van der Waals surface area contributed by atoms with Gasteiger partial charge in [0.25, 0.3) is 5.22 Å². The van der Waals surface area contributed by atoms with E-state index in [1.165, 1.54) is 11.8 Å². The normalized spacial score (nSPS) is 11.8. The first-order chi connectivity index (χ1) is 13.1. The molecule has 0 unspecified atom stereocenters. The van der Waals surface area contributed by atoms with Gasteiger partial charge >= 0.3 is 0 Å². The number of halogens is 1. The van der Waals surface area contributed by atoms with Gasteiger partial charge in [-0.1, -0.05) is 47.6 Å². The number of nitrogens with zero attached hydrogens (tertiary/aromatic N) is 2. The number of para-hydroxylation sites is 1. The van der Waals surface area contributed by atoms with Gasteiger partial charge in [0.2, 0.25) is 11.8 Å². The number of aromatic nitrogens is 2. The van der Waals surface area contributed by atoms with Crippen molar-refractivity contribution in [1.29, 1.82) is 0 Å². The molecule has 1 amide bonds. The molecule has 0 aliphatic rings. The van der Waals surface area contributed by atoms with Gasteiger partial charge in [-0.3, -0.25) is 4.79 Å². The molecule has 0 saturated heterocycles. The van der Waals surface area contributed by atoms with Crippen LogP contribution in [0.15, 0.2) is 58.2 Å². The third-order valence-electron chi connectivity index (χ3n) is 3.77. The first-order valence-corrected chi connectivity index (χ1v) is 9.48. The Morgan fingerprint density at radius 2 is 2.07 bits per heavy atom. The van der Waals surface area contributed by atoms with E-state index in [1.54, 1.807) is 26.2 Å². The highest BCUT2D eigenvalue weighted by atomic mass is 35.5. The zero-order chi connectivity index (χ0) is 19.2. The van der Waals surface area contributed by atoms with Gasteiger partial charge in [-0.25, -0.2) is 0 Å². The topological polar surface area (TPSA) is 77.2 Å². The molecule has 140 valence electrons. The number of rotatable bonds is 7. The average Bonchev–Trinajstić information content (AvgIpc) is 3.14. The van der Waals surface area contributed by atoms with Crippen molar-refractivity contribution in [1.82, 2.24) is 15.5 Å². The predicted molar refractivity (Wildman–Crippen MR) is 105 cm³/mol. The molecule has 27 heavy (non-hydrogen) atoms. The van der Waals surface area contributed by atoms with E-state index >= 15 is 0 Å². The van der Waals surface area contributed by atoms with Gasteiger partial charge in [0.15, 0.2) is 0 Å². The molecule has 0 saturated carbocycles. The van der Waals surface area contributed by atoms with Crippen molar-refractivity contribution in [2.75, 3.05) is 7.11 Å². The lowest BCUT2D eigenvalue weighted by Gasteiger charge is -2.12. The van der Waals surface area contributed by atoms with Crippen LogP contribution in [0.25, 0.3) is 11.5 Å². The van der Waals surface area contributed by atoms with Crippen molar-refractivity contribution in [3.05, 3.63) is 59.1 Å². The zero-order valence-electron chi connectivity index (χ0n) is 14.8. The fourth-order valence-electron chi connectivity index (χ4n) is 2.38. The second-order valence-electron chi connectivity index (χ2n) is 5.67. The summed E-state index contributed by atoms with van der Waals surface area (Å²) in [6.07, 6.45) is 0. The molecular formula is C19H18ClN3O3S. The number of nitrogens with one attached hydrogen (secondary N) is 1. The Morgan fingerprint density at radius 3 is 2.85 bits per heavy atom. The molecule has 0 spiro atoms. The van der Waals surface area contributed by atoms with E-state index in [-0.39, 0.29) is 5.91 Å². The Morgan fingerprint density at radius 1 is 1.26 bits per heavy atom. The molecular weight excluding hydrogens is 386 g/mol. The van der Waals surface area contributed by atoms with Crippen molar-refractivity contribution in [3.63, 3.8) is 0 Å². The molecule has 0 aliphatic carbocycles. The summed E-state index contributed by atoms with van der Waals surface area (Å²) in [5.41, 5.74) is 1.64. The highest BCUT2D eigenvalue weighted by molar-refractivity contribution is 8.00. The van der Waals surface area contributed by atoms with E-state index in [0.29, 0.717) is 22.7 Å².